The summed E-state index contributed by atoms with van der Waals surface area (Å²) in [4.78, 5) is 0. The average molecular weight is 292 g/mol. The van der Waals surface area contributed by atoms with Crippen molar-refractivity contribution in [3.05, 3.63) is 28.3 Å². The van der Waals surface area contributed by atoms with Crippen molar-refractivity contribution < 1.29 is 4.74 Å². The normalized spacial score (nSPS) is 27.9. The molecule has 4 rings (SSSR count). The molecule has 0 saturated heterocycles. The summed E-state index contributed by atoms with van der Waals surface area (Å²) < 4.78 is 5.82. The van der Waals surface area contributed by atoms with Crippen molar-refractivity contribution in [2.45, 2.75) is 44.6 Å². The summed E-state index contributed by atoms with van der Waals surface area (Å²) in [5.74, 6) is 2.80. The molecule has 2 unspecified atom stereocenters. The van der Waals surface area contributed by atoms with E-state index in [-0.39, 0.29) is 0 Å². The SMILES string of the molecule is Clc1cc2c(c(CC3CCC3CNC3CC3)c1)OCC2. The molecule has 0 bridgehead atoms. The van der Waals surface area contributed by atoms with Gasteiger partial charge in [-0.25, -0.2) is 0 Å². The second-order valence-electron chi connectivity index (χ2n) is 6.64. The molecule has 0 aromatic heterocycles. The summed E-state index contributed by atoms with van der Waals surface area (Å²) in [6.07, 6.45) is 7.66. The maximum absolute atomic E-state index is 6.25. The first-order valence-corrected chi connectivity index (χ1v) is 8.35. The second kappa shape index (κ2) is 5.23. The van der Waals surface area contributed by atoms with Gasteiger partial charge in [0.25, 0.3) is 0 Å². The van der Waals surface area contributed by atoms with Crippen LogP contribution >= 0.6 is 11.6 Å². The predicted octanol–water partition coefficient (Wildman–Crippen LogP) is 3.60. The minimum atomic E-state index is 0.813. The zero-order valence-corrected chi connectivity index (χ0v) is 12.6. The molecule has 2 aliphatic carbocycles. The fourth-order valence-corrected chi connectivity index (χ4v) is 3.82. The first kappa shape index (κ1) is 13.0. The van der Waals surface area contributed by atoms with Gasteiger partial charge in [-0.15, -0.1) is 0 Å². The van der Waals surface area contributed by atoms with E-state index < -0.39 is 0 Å². The molecular weight excluding hydrogens is 270 g/mol. The van der Waals surface area contributed by atoms with Crippen LogP contribution in [-0.4, -0.2) is 19.2 Å². The van der Waals surface area contributed by atoms with E-state index >= 15 is 0 Å². The Morgan fingerprint density at radius 2 is 2.00 bits per heavy atom. The molecule has 108 valence electrons. The van der Waals surface area contributed by atoms with E-state index in [1.807, 2.05) is 0 Å². The third kappa shape index (κ3) is 2.56. The number of hydrogen-bond donors (Lipinski definition) is 1. The van der Waals surface area contributed by atoms with Gasteiger partial charge in [0.1, 0.15) is 5.75 Å². The number of rotatable bonds is 5. The fraction of sp³-hybridized carbons (Fsp3) is 0.647. The van der Waals surface area contributed by atoms with Crippen molar-refractivity contribution in [3.63, 3.8) is 0 Å². The summed E-state index contributed by atoms with van der Waals surface area (Å²) in [6.45, 7) is 2.03. The standard InChI is InChI=1S/C17H22ClNO/c18-15-8-12-5-6-20-17(12)14(9-15)7-11-1-2-13(11)10-19-16-3-4-16/h8-9,11,13,16,19H,1-7,10H2. The molecule has 1 aliphatic heterocycles. The van der Waals surface area contributed by atoms with Crippen LogP contribution in [0.3, 0.4) is 0 Å². The Morgan fingerprint density at radius 3 is 2.75 bits per heavy atom. The summed E-state index contributed by atoms with van der Waals surface area (Å²) in [5, 5.41) is 4.55. The number of halogens is 1. The third-order valence-corrected chi connectivity index (χ3v) is 5.35. The Morgan fingerprint density at radius 1 is 1.15 bits per heavy atom. The van der Waals surface area contributed by atoms with Crippen LogP contribution in [0.15, 0.2) is 12.1 Å². The van der Waals surface area contributed by atoms with Gasteiger partial charge in [0, 0.05) is 17.5 Å². The lowest BCUT2D eigenvalue weighted by molar-refractivity contribution is 0.169. The maximum atomic E-state index is 6.25. The highest BCUT2D eigenvalue weighted by Crippen LogP contribution is 2.41. The minimum absolute atomic E-state index is 0.813. The van der Waals surface area contributed by atoms with E-state index in [2.05, 4.69) is 17.4 Å². The molecule has 1 heterocycles. The first-order valence-electron chi connectivity index (χ1n) is 7.97. The van der Waals surface area contributed by atoms with Crippen LogP contribution in [-0.2, 0) is 12.8 Å². The number of hydrogen-bond acceptors (Lipinski definition) is 2. The molecule has 0 radical (unpaired) electrons. The van der Waals surface area contributed by atoms with Crippen LogP contribution in [0.1, 0.15) is 36.8 Å². The summed E-state index contributed by atoms with van der Waals surface area (Å²) in [5.41, 5.74) is 2.64. The van der Waals surface area contributed by atoms with Crippen LogP contribution in [0.4, 0.5) is 0 Å². The predicted molar refractivity (Wildman–Crippen MR) is 81.6 cm³/mol. The molecule has 3 heteroatoms. The molecule has 2 nitrogen and oxygen atoms in total. The molecule has 2 fully saturated rings. The van der Waals surface area contributed by atoms with Crippen molar-refractivity contribution in [2.24, 2.45) is 11.8 Å². The third-order valence-electron chi connectivity index (χ3n) is 5.13. The molecule has 3 aliphatic rings. The Kier molecular flexibility index (Phi) is 3.39. The van der Waals surface area contributed by atoms with Gasteiger partial charge in [0.2, 0.25) is 0 Å². The van der Waals surface area contributed by atoms with Crippen LogP contribution < -0.4 is 10.1 Å². The highest BCUT2D eigenvalue weighted by atomic mass is 35.5. The van der Waals surface area contributed by atoms with E-state index in [9.17, 15) is 0 Å². The highest BCUT2D eigenvalue weighted by molar-refractivity contribution is 6.30. The van der Waals surface area contributed by atoms with Crippen LogP contribution in [0, 0.1) is 11.8 Å². The average Bonchev–Trinajstić information content (AvgIpc) is 3.10. The zero-order valence-electron chi connectivity index (χ0n) is 11.8. The summed E-state index contributed by atoms with van der Waals surface area (Å²) in [7, 11) is 0. The number of fused-ring (bicyclic) bond motifs is 1. The van der Waals surface area contributed by atoms with Gasteiger partial charge in [-0.1, -0.05) is 11.6 Å². The first-order chi connectivity index (χ1) is 9.79. The largest absolute Gasteiger partial charge is 0.493 e. The molecule has 1 aromatic carbocycles. The van der Waals surface area contributed by atoms with Crippen molar-refractivity contribution in [2.75, 3.05) is 13.2 Å². The van der Waals surface area contributed by atoms with Crippen molar-refractivity contribution in [1.29, 1.82) is 0 Å². The van der Waals surface area contributed by atoms with Crippen LogP contribution in [0.25, 0.3) is 0 Å². The molecule has 2 atom stereocenters. The molecule has 0 amide bonds. The van der Waals surface area contributed by atoms with Crippen molar-refractivity contribution >= 4 is 11.6 Å². The van der Waals surface area contributed by atoms with Crippen LogP contribution in [0.5, 0.6) is 5.75 Å². The molecule has 1 N–H and O–H groups in total. The van der Waals surface area contributed by atoms with E-state index in [0.29, 0.717) is 0 Å². The fourth-order valence-electron chi connectivity index (χ4n) is 3.56. The monoisotopic (exact) mass is 291 g/mol. The molecule has 1 aromatic rings. The smallest absolute Gasteiger partial charge is 0.125 e. The van der Waals surface area contributed by atoms with Gasteiger partial charge in [-0.05, 0) is 73.7 Å². The van der Waals surface area contributed by atoms with Crippen molar-refractivity contribution in [1.82, 2.24) is 5.32 Å². The number of benzene rings is 1. The second-order valence-corrected chi connectivity index (χ2v) is 7.07. The van der Waals surface area contributed by atoms with Crippen LogP contribution in [0.2, 0.25) is 5.02 Å². The quantitative estimate of drug-likeness (QED) is 0.895. The maximum Gasteiger partial charge on any atom is 0.125 e. The van der Waals surface area contributed by atoms with Gasteiger partial charge in [0.05, 0.1) is 6.61 Å². The Balaban J connectivity index is 1.43. The Hall–Kier alpha value is -0.730. The minimum Gasteiger partial charge on any atom is -0.493 e. The topological polar surface area (TPSA) is 21.3 Å². The number of nitrogens with one attached hydrogen (secondary N) is 1. The van der Waals surface area contributed by atoms with E-state index in [0.717, 1.165) is 48.1 Å². The lowest BCUT2D eigenvalue weighted by atomic mass is 9.70. The van der Waals surface area contributed by atoms with Gasteiger partial charge in [0.15, 0.2) is 0 Å². The molecule has 0 spiro atoms. The highest BCUT2D eigenvalue weighted by Gasteiger charge is 2.33. The Labute approximate surface area is 125 Å². The summed E-state index contributed by atoms with van der Waals surface area (Å²) >= 11 is 6.25. The van der Waals surface area contributed by atoms with E-state index in [1.54, 1.807) is 0 Å². The van der Waals surface area contributed by atoms with Gasteiger partial charge < -0.3 is 10.1 Å². The van der Waals surface area contributed by atoms with Gasteiger partial charge in [-0.2, -0.15) is 0 Å². The Bertz CT molecular complexity index is 512. The number of ether oxygens (including phenoxy) is 1. The molecule has 20 heavy (non-hydrogen) atoms. The van der Waals surface area contributed by atoms with E-state index in [4.69, 9.17) is 16.3 Å². The van der Waals surface area contributed by atoms with E-state index in [1.165, 1.54) is 43.4 Å². The lowest BCUT2D eigenvalue weighted by Crippen LogP contribution is -2.37. The zero-order chi connectivity index (χ0) is 13.5. The van der Waals surface area contributed by atoms with Crippen molar-refractivity contribution in [3.8, 4) is 5.75 Å². The summed E-state index contributed by atoms with van der Waals surface area (Å²) in [6, 6.07) is 5.02. The molecule has 2 saturated carbocycles. The van der Waals surface area contributed by atoms with Gasteiger partial charge in [-0.3, -0.25) is 0 Å². The van der Waals surface area contributed by atoms with Gasteiger partial charge >= 0.3 is 0 Å². The lowest BCUT2D eigenvalue weighted by Gasteiger charge is -2.37. The molecular formula is C17H22ClNO.